The standard InChI is InChI=1S/C17H11NO3/c1-10(19)11-6-7-18-15(8-11)14-9-16(20)12-4-2-3-5-13(12)17(14)21/h2-9H,1H3. The fraction of sp³-hybridized carbons (Fsp3) is 0.0588. The number of nitrogens with zero attached hydrogens (tertiary/aromatic N) is 1. The van der Waals surface area contributed by atoms with Crippen LogP contribution in [-0.2, 0) is 0 Å². The lowest BCUT2D eigenvalue weighted by Crippen LogP contribution is -2.16. The van der Waals surface area contributed by atoms with E-state index in [0.717, 1.165) is 0 Å². The summed E-state index contributed by atoms with van der Waals surface area (Å²) in [5.74, 6) is -0.595. The number of ketones is 3. The van der Waals surface area contributed by atoms with Crippen molar-refractivity contribution in [2.75, 3.05) is 0 Å². The Balaban J connectivity index is 2.13. The lowest BCUT2D eigenvalue weighted by molar-refractivity contribution is 0.100. The molecule has 0 saturated carbocycles. The summed E-state index contributed by atoms with van der Waals surface area (Å²) in [4.78, 5) is 40.1. The van der Waals surface area contributed by atoms with Crippen LogP contribution in [0.4, 0.5) is 0 Å². The molecule has 0 fully saturated rings. The van der Waals surface area contributed by atoms with Crippen molar-refractivity contribution >= 4 is 22.9 Å². The van der Waals surface area contributed by atoms with Crippen LogP contribution in [0.25, 0.3) is 5.57 Å². The molecule has 1 heterocycles. The molecule has 102 valence electrons. The highest BCUT2D eigenvalue weighted by Crippen LogP contribution is 2.27. The largest absolute Gasteiger partial charge is 0.295 e. The molecule has 0 amide bonds. The van der Waals surface area contributed by atoms with Gasteiger partial charge >= 0.3 is 0 Å². The molecule has 2 aromatic rings. The molecule has 3 rings (SSSR count). The average Bonchev–Trinajstić information content (AvgIpc) is 2.51. The topological polar surface area (TPSA) is 64.1 Å². The molecule has 1 aliphatic carbocycles. The summed E-state index contributed by atoms with van der Waals surface area (Å²) < 4.78 is 0. The Hall–Kier alpha value is -2.88. The number of carbonyl (C=O) groups is 3. The first kappa shape index (κ1) is 13.1. The third-order valence-electron chi connectivity index (χ3n) is 3.40. The minimum Gasteiger partial charge on any atom is -0.295 e. The molecule has 0 spiro atoms. The summed E-state index contributed by atoms with van der Waals surface area (Å²) in [6.07, 6.45) is 2.75. The van der Waals surface area contributed by atoms with Crippen molar-refractivity contribution < 1.29 is 14.4 Å². The first-order valence-electron chi connectivity index (χ1n) is 6.45. The van der Waals surface area contributed by atoms with Crippen LogP contribution in [-0.4, -0.2) is 22.3 Å². The molecule has 4 nitrogen and oxygen atoms in total. The normalized spacial score (nSPS) is 13.7. The summed E-state index contributed by atoms with van der Waals surface area (Å²) >= 11 is 0. The van der Waals surface area contributed by atoms with Crippen LogP contribution in [0.3, 0.4) is 0 Å². The molecule has 0 unspecified atom stereocenters. The Morgan fingerprint density at radius 3 is 2.48 bits per heavy atom. The second-order valence-electron chi connectivity index (χ2n) is 4.78. The maximum Gasteiger partial charge on any atom is 0.196 e. The van der Waals surface area contributed by atoms with Crippen molar-refractivity contribution in [2.24, 2.45) is 0 Å². The number of allylic oxidation sites excluding steroid dienone is 2. The predicted molar refractivity (Wildman–Crippen MR) is 77.3 cm³/mol. The number of hydrogen-bond donors (Lipinski definition) is 0. The van der Waals surface area contributed by atoms with Crippen molar-refractivity contribution in [1.29, 1.82) is 0 Å². The Bertz CT molecular complexity index is 818. The van der Waals surface area contributed by atoms with Crippen LogP contribution >= 0.6 is 0 Å². The molecule has 0 radical (unpaired) electrons. The van der Waals surface area contributed by atoms with Crippen LogP contribution in [0.1, 0.15) is 43.7 Å². The van der Waals surface area contributed by atoms with E-state index in [2.05, 4.69) is 4.98 Å². The van der Waals surface area contributed by atoms with Gasteiger partial charge in [-0.05, 0) is 25.1 Å². The van der Waals surface area contributed by atoms with Gasteiger partial charge in [0.2, 0.25) is 0 Å². The second kappa shape index (κ2) is 4.90. The Morgan fingerprint density at radius 2 is 1.76 bits per heavy atom. The highest BCUT2D eigenvalue weighted by molar-refractivity contribution is 6.38. The smallest absolute Gasteiger partial charge is 0.196 e. The molecule has 0 N–H and O–H groups in total. The summed E-state index contributed by atoms with van der Waals surface area (Å²) in [6.45, 7) is 1.44. The molecule has 1 aromatic carbocycles. The van der Waals surface area contributed by atoms with E-state index in [1.807, 2.05) is 0 Å². The van der Waals surface area contributed by atoms with Crippen molar-refractivity contribution in [3.63, 3.8) is 0 Å². The molecule has 4 heteroatoms. The van der Waals surface area contributed by atoms with E-state index in [9.17, 15) is 14.4 Å². The maximum absolute atomic E-state index is 12.5. The third kappa shape index (κ3) is 2.21. The van der Waals surface area contributed by atoms with Crippen molar-refractivity contribution in [3.8, 4) is 0 Å². The van der Waals surface area contributed by atoms with Gasteiger partial charge < -0.3 is 0 Å². The highest BCUT2D eigenvalue weighted by Gasteiger charge is 2.26. The van der Waals surface area contributed by atoms with Gasteiger partial charge in [0.1, 0.15) is 0 Å². The van der Waals surface area contributed by atoms with Crippen LogP contribution in [0.2, 0.25) is 0 Å². The fourth-order valence-electron chi connectivity index (χ4n) is 2.30. The number of hydrogen-bond acceptors (Lipinski definition) is 4. The van der Waals surface area contributed by atoms with E-state index >= 15 is 0 Å². The minimum absolute atomic E-state index is 0.116. The predicted octanol–water partition coefficient (Wildman–Crippen LogP) is 2.75. The first-order valence-corrected chi connectivity index (χ1v) is 6.45. The molecule has 0 aliphatic heterocycles. The van der Waals surface area contributed by atoms with Crippen LogP contribution in [0.15, 0.2) is 48.7 Å². The van der Waals surface area contributed by atoms with E-state index in [-0.39, 0.29) is 22.9 Å². The molecule has 0 bridgehead atoms. The highest BCUT2D eigenvalue weighted by atomic mass is 16.1. The summed E-state index contributed by atoms with van der Waals surface area (Å²) in [5, 5.41) is 0. The van der Waals surface area contributed by atoms with Crippen LogP contribution in [0.5, 0.6) is 0 Å². The van der Waals surface area contributed by atoms with Gasteiger partial charge in [-0.2, -0.15) is 0 Å². The molecule has 0 atom stereocenters. The van der Waals surface area contributed by atoms with E-state index < -0.39 is 0 Å². The summed E-state index contributed by atoms with van der Waals surface area (Å²) in [5.41, 5.74) is 1.79. The molecular formula is C17H11NO3. The first-order chi connectivity index (χ1) is 10.1. The zero-order valence-corrected chi connectivity index (χ0v) is 11.3. The fourth-order valence-corrected chi connectivity index (χ4v) is 2.30. The second-order valence-corrected chi connectivity index (χ2v) is 4.78. The van der Waals surface area contributed by atoms with E-state index in [4.69, 9.17) is 0 Å². The minimum atomic E-state index is -0.251. The Labute approximate surface area is 121 Å². The van der Waals surface area contributed by atoms with Crippen LogP contribution < -0.4 is 0 Å². The van der Waals surface area contributed by atoms with Gasteiger partial charge in [0.15, 0.2) is 17.3 Å². The number of carbonyl (C=O) groups excluding carboxylic acids is 3. The molecule has 1 aromatic heterocycles. The Kier molecular flexibility index (Phi) is 3.06. The van der Waals surface area contributed by atoms with E-state index in [1.54, 1.807) is 30.3 Å². The average molecular weight is 277 g/mol. The van der Waals surface area contributed by atoms with E-state index in [1.165, 1.54) is 25.3 Å². The molecule has 21 heavy (non-hydrogen) atoms. The maximum atomic E-state index is 12.5. The van der Waals surface area contributed by atoms with Gasteiger partial charge in [0, 0.05) is 22.9 Å². The van der Waals surface area contributed by atoms with Gasteiger partial charge in [-0.15, -0.1) is 0 Å². The number of aromatic nitrogens is 1. The SMILES string of the molecule is CC(=O)c1ccnc(C2=CC(=O)c3ccccc3C2=O)c1. The number of Topliss-reactive ketones (excluding diaryl/α,β-unsaturated/α-hetero) is 2. The van der Waals surface area contributed by atoms with Crippen molar-refractivity contribution in [3.05, 3.63) is 71.1 Å². The van der Waals surface area contributed by atoms with Gasteiger partial charge in [-0.1, -0.05) is 24.3 Å². The number of fused-ring (bicyclic) bond motifs is 1. The van der Waals surface area contributed by atoms with Crippen molar-refractivity contribution in [1.82, 2.24) is 4.98 Å². The molecular weight excluding hydrogens is 266 g/mol. The van der Waals surface area contributed by atoms with Crippen LogP contribution in [0, 0.1) is 0 Å². The van der Waals surface area contributed by atoms with Crippen molar-refractivity contribution in [2.45, 2.75) is 6.92 Å². The third-order valence-corrected chi connectivity index (χ3v) is 3.40. The molecule has 0 saturated heterocycles. The number of benzene rings is 1. The van der Waals surface area contributed by atoms with E-state index in [0.29, 0.717) is 22.4 Å². The Morgan fingerprint density at radius 1 is 1.05 bits per heavy atom. The number of pyridine rings is 1. The quantitative estimate of drug-likeness (QED) is 0.792. The zero-order valence-electron chi connectivity index (χ0n) is 11.3. The summed E-state index contributed by atoms with van der Waals surface area (Å²) in [6, 6.07) is 9.80. The monoisotopic (exact) mass is 277 g/mol. The van der Waals surface area contributed by atoms with Gasteiger partial charge in [0.05, 0.1) is 11.3 Å². The number of rotatable bonds is 2. The summed E-state index contributed by atoms with van der Waals surface area (Å²) in [7, 11) is 0. The molecule has 1 aliphatic rings. The van der Waals surface area contributed by atoms with Gasteiger partial charge in [0.25, 0.3) is 0 Å². The lowest BCUT2D eigenvalue weighted by Gasteiger charge is -2.14. The van der Waals surface area contributed by atoms with Gasteiger partial charge in [-0.3, -0.25) is 19.4 Å². The van der Waals surface area contributed by atoms with Gasteiger partial charge in [-0.25, -0.2) is 0 Å². The zero-order chi connectivity index (χ0) is 15.0. The lowest BCUT2D eigenvalue weighted by atomic mass is 9.87.